The van der Waals surface area contributed by atoms with Crippen LogP contribution in [0.2, 0.25) is 0 Å². The van der Waals surface area contributed by atoms with Gasteiger partial charge in [-0.3, -0.25) is 9.59 Å². The van der Waals surface area contributed by atoms with Gasteiger partial charge in [0.05, 0.1) is 13.0 Å². The number of amides is 1. The van der Waals surface area contributed by atoms with E-state index in [9.17, 15) is 18.0 Å². The summed E-state index contributed by atoms with van der Waals surface area (Å²) in [6, 6.07) is 4.30. The third kappa shape index (κ3) is 5.43. The van der Waals surface area contributed by atoms with Gasteiger partial charge in [0, 0.05) is 19.8 Å². The number of sulfonamides is 1. The van der Waals surface area contributed by atoms with Crippen molar-refractivity contribution in [1.82, 2.24) is 4.31 Å². The zero-order chi connectivity index (χ0) is 20.0. The van der Waals surface area contributed by atoms with Gasteiger partial charge in [-0.1, -0.05) is 19.3 Å². The van der Waals surface area contributed by atoms with Crippen molar-refractivity contribution >= 4 is 27.6 Å². The molecule has 27 heavy (non-hydrogen) atoms. The molecule has 0 aromatic heterocycles. The van der Waals surface area contributed by atoms with Crippen molar-refractivity contribution in [2.75, 3.05) is 33.1 Å². The average Bonchev–Trinajstić information content (AvgIpc) is 2.66. The lowest BCUT2D eigenvalue weighted by Gasteiger charge is -2.19. The number of hydrogen-bond donors (Lipinski definition) is 1. The normalized spacial score (nSPS) is 15.4. The SMILES string of the molecule is COc1ccc(NC(=O)COC(=O)C2CCCCC2)cc1S(=O)(=O)N(C)C. The Morgan fingerprint density at radius 2 is 1.85 bits per heavy atom. The van der Waals surface area contributed by atoms with Gasteiger partial charge in [0.2, 0.25) is 10.0 Å². The van der Waals surface area contributed by atoms with E-state index >= 15 is 0 Å². The van der Waals surface area contributed by atoms with Crippen LogP contribution in [0.1, 0.15) is 32.1 Å². The van der Waals surface area contributed by atoms with Gasteiger partial charge in [-0.25, -0.2) is 12.7 Å². The van der Waals surface area contributed by atoms with Crippen molar-refractivity contribution in [3.05, 3.63) is 18.2 Å². The van der Waals surface area contributed by atoms with E-state index in [0.29, 0.717) is 0 Å². The standard InChI is InChI=1S/C18H26N2O6S/c1-20(2)27(23,24)16-11-14(9-10-15(16)25-3)19-17(21)12-26-18(22)13-7-5-4-6-8-13/h9-11,13H,4-8,12H2,1-3H3,(H,19,21). The fraction of sp³-hybridized carbons (Fsp3) is 0.556. The second-order valence-corrected chi connectivity index (χ2v) is 8.76. The Bertz CT molecular complexity index is 785. The quantitative estimate of drug-likeness (QED) is 0.705. The van der Waals surface area contributed by atoms with Gasteiger partial charge in [-0.05, 0) is 31.0 Å². The maximum atomic E-state index is 12.4. The Labute approximate surface area is 159 Å². The van der Waals surface area contributed by atoms with Crippen molar-refractivity contribution in [2.24, 2.45) is 5.92 Å². The molecule has 1 aromatic rings. The number of anilines is 1. The minimum absolute atomic E-state index is 0.0630. The molecular formula is C18H26N2O6S. The van der Waals surface area contributed by atoms with Gasteiger partial charge in [-0.15, -0.1) is 0 Å². The molecule has 8 nitrogen and oxygen atoms in total. The third-order valence-corrected chi connectivity index (χ3v) is 6.33. The van der Waals surface area contributed by atoms with E-state index in [0.717, 1.165) is 36.4 Å². The zero-order valence-corrected chi connectivity index (χ0v) is 16.7. The predicted octanol–water partition coefficient (Wildman–Crippen LogP) is 2.01. The molecule has 0 spiro atoms. The predicted molar refractivity (Wildman–Crippen MR) is 100 cm³/mol. The summed E-state index contributed by atoms with van der Waals surface area (Å²) in [4.78, 5) is 24.0. The Morgan fingerprint density at radius 3 is 2.44 bits per heavy atom. The first-order valence-electron chi connectivity index (χ1n) is 8.82. The summed E-state index contributed by atoms with van der Waals surface area (Å²) in [6.45, 7) is -0.406. The number of benzene rings is 1. The monoisotopic (exact) mass is 398 g/mol. The summed E-state index contributed by atoms with van der Waals surface area (Å²) in [6.07, 6.45) is 4.72. The Kier molecular flexibility index (Phi) is 7.20. The fourth-order valence-corrected chi connectivity index (χ4v) is 4.02. The molecule has 150 valence electrons. The van der Waals surface area contributed by atoms with Crippen LogP contribution in [0, 0.1) is 5.92 Å². The van der Waals surface area contributed by atoms with Crippen molar-refractivity contribution < 1.29 is 27.5 Å². The van der Waals surface area contributed by atoms with Crippen LogP contribution in [0.25, 0.3) is 0 Å². The Hall–Kier alpha value is -2.13. The Morgan fingerprint density at radius 1 is 1.19 bits per heavy atom. The average molecular weight is 398 g/mol. The van der Waals surface area contributed by atoms with E-state index in [2.05, 4.69) is 5.32 Å². The number of methoxy groups -OCH3 is 1. The molecule has 0 heterocycles. The van der Waals surface area contributed by atoms with Gasteiger partial charge in [-0.2, -0.15) is 0 Å². The second-order valence-electron chi connectivity index (χ2n) is 6.64. The van der Waals surface area contributed by atoms with Crippen LogP contribution in [-0.4, -0.2) is 52.4 Å². The maximum absolute atomic E-state index is 12.4. The molecule has 1 aliphatic carbocycles. The van der Waals surface area contributed by atoms with Crippen LogP contribution in [0.5, 0.6) is 5.75 Å². The summed E-state index contributed by atoms with van der Waals surface area (Å²) in [5, 5.41) is 2.55. The molecule has 1 amide bonds. The van der Waals surface area contributed by atoms with Crippen molar-refractivity contribution in [3.8, 4) is 5.75 Å². The number of carbonyl (C=O) groups is 2. The smallest absolute Gasteiger partial charge is 0.309 e. The number of carbonyl (C=O) groups excluding carboxylic acids is 2. The van der Waals surface area contributed by atoms with E-state index in [1.54, 1.807) is 0 Å². The fourth-order valence-electron chi connectivity index (χ4n) is 2.94. The molecule has 0 radical (unpaired) electrons. The van der Waals surface area contributed by atoms with Crippen molar-refractivity contribution in [3.63, 3.8) is 0 Å². The first-order valence-corrected chi connectivity index (χ1v) is 10.3. The summed E-state index contributed by atoms with van der Waals surface area (Å²) in [7, 11) is 0.436. The number of rotatable bonds is 7. The van der Waals surface area contributed by atoms with Crippen LogP contribution in [0.3, 0.4) is 0 Å². The van der Waals surface area contributed by atoms with E-state index in [4.69, 9.17) is 9.47 Å². The largest absolute Gasteiger partial charge is 0.495 e. The lowest BCUT2D eigenvalue weighted by molar-refractivity contribution is -0.152. The highest BCUT2D eigenvalue weighted by molar-refractivity contribution is 7.89. The summed E-state index contributed by atoms with van der Waals surface area (Å²) < 4.78 is 36.1. The molecule has 0 atom stereocenters. The summed E-state index contributed by atoms with van der Waals surface area (Å²) >= 11 is 0. The number of nitrogens with zero attached hydrogens (tertiary/aromatic N) is 1. The van der Waals surface area contributed by atoms with Gasteiger partial charge in [0.25, 0.3) is 5.91 Å². The van der Waals surface area contributed by atoms with E-state index < -0.39 is 22.5 Å². The van der Waals surface area contributed by atoms with E-state index in [-0.39, 0.29) is 28.2 Å². The molecule has 0 aliphatic heterocycles. The lowest BCUT2D eigenvalue weighted by atomic mass is 9.89. The molecular weight excluding hydrogens is 372 g/mol. The van der Waals surface area contributed by atoms with Crippen LogP contribution < -0.4 is 10.1 Å². The van der Waals surface area contributed by atoms with Gasteiger partial charge in [0.15, 0.2) is 6.61 Å². The van der Waals surface area contributed by atoms with Gasteiger partial charge < -0.3 is 14.8 Å². The van der Waals surface area contributed by atoms with Crippen LogP contribution in [-0.2, 0) is 24.3 Å². The molecule has 0 unspecified atom stereocenters. The molecule has 0 saturated heterocycles. The van der Waals surface area contributed by atoms with E-state index in [1.807, 2.05) is 0 Å². The number of hydrogen-bond acceptors (Lipinski definition) is 6. The number of ether oxygens (including phenoxy) is 2. The highest BCUT2D eigenvalue weighted by Crippen LogP contribution is 2.29. The van der Waals surface area contributed by atoms with Crippen LogP contribution in [0.4, 0.5) is 5.69 Å². The highest BCUT2D eigenvalue weighted by atomic mass is 32.2. The number of esters is 1. The second kappa shape index (κ2) is 9.18. The molecule has 2 rings (SSSR count). The number of nitrogens with one attached hydrogen (secondary N) is 1. The minimum Gasteiger partial charge on any atom is -0.495 e. The van der Waals surface area contributed by atoms with Crippen LogP contribution in [0.15, 0.2) is 23.1 Å². The summed E-state index contributed by atoms with van der Waals surface area (Å²) in [5.41, 5.74) is 0.273. The van der Waals surface area contributed by atoms with Crippen LogP contribution >= 0.6 is 0 Å². The lowest BCUT2D eigenvalue weighted by Crippen LogP contribution is -2.26. The minimum atomic E-state index is -3.75. The van der Waals surface area contributed by atoms with Crippen molar-refractivity contribution in [1.29, 1.82) is 0 Å². The molecule has 1 aliphatic rings. The zero-order valence-electron chi connectivity index (χ0n) is 15.9. The summed E-state index contributed by atoms with van der Waals surface area (Å²) in [5.74, 6) is -0.845. The van der Waals surface area contributed by atoms with E-state index in [1.165, 1.54) is 39.4 Å². The first-order chi connectivity index (χ1) is 12.8. The molecule has 1 fully saturated rings. The molecule has 0 bridgehead atoms. The first kappa shape index (κ1) is 21.2. The van der Waals surface area contributed by atoms with Gasteiger partial charge in [0.1, 0.15) is 10.6 Å². The molecule has 1 saturated carbocycles. The molecule has 1 aromatic carbocycles. The Balaban J connectivity index is 2.02. The molecule has 9 heteroatoms. The molecule has 1 N–H and O–H groups in total. The van der Waals surface area contributed by atoms with Gasteiger partial charge >= 0.3 is 5.97 Å². The third-order valence-electron chi connectivity index (χ3n) is 4.49. The topological polar surface area (TPSA) is 102 Å². The van der Waals surface area contributed by atoms with Crippen molar-refractivity contribution in [2.45, 2.75) is 37.0 Å². The highest BCUT2D eigenvalue weighted by Gasteiger charge is 2.24. The maximum Gasteiger partial charge on any atom is 0.309 e.